The van der Waals surface area contributed by atoms with Crippen molar-refractivity contribution in [2.24, 2.45) is 0 Å². The van der Waals surface area contributed by atoms with Gasteiger partial charge in [0.25, 0.3) is 0 Å². The number of aromatic nitrogens is 3. The minimum Gasteiger partial charge on any atom is -0.478 e. The number of carboxylic acid groups (broad SMARTS) is 1. The number of aryl methyl sites for hydroxylation is 1. The third kappa shape index (κ3) is 2.26. The topological polar surface area (TPSA) is 88.0 Å². The molecule has 2 aromatic rings. The number of hydrogen-bond acceptors (Lipinski definition) is 6. The molecule has 2 heterocycles. The SMILES string of the molecule is CCCCNc1c(C(=O)O)c(C)nc2nnsc12. The Bertz CT molecular complexity index is 582. The summed E-state index contributed by atoms with van der Waals surface area (Å²) in [5.74, 6) is -0.978. The average molecular weight is 266 g/mol. The van der Waals surface area contributed by atoms with Crippen LogP contribution < -0.4 is 5.32 Å². The lowest BCUT2D eigenvalue weighted by atomic mass is 10.1. The Labute approximate surface area is 108 Å². The maximum atomic E-state index is 11.3. The molecule has 0 spiro atoms. The molecule has 0 saturated heterocycles. The van der Waals surface area contributed by atoms with Gasteiger partial charge < -0.3 is 10.4 Å². The lowest BCUT2D eigenvalue weighted by molar-refractivity contribution is 0.0697. The largest absolute Gasteiger partial charge is 0.478 e. The van der Waals surface area contributed by atoms with Crippen LogP contribution in [0.2, 0.25) is 0 Å². The number of nitrogens with zero attached hydrogens (tertiary/aromatic N) is 3. The molecular weight excluding hydrogens is 252 g/mol. The number of fused-ring (bicyclic) bond motifs is 1. The zero-order valence-electron chi connectivity index (χ0n) is 10.2. The van der Waals surface area contributed by atoms with Crippen LogP contribution in [0.1, 0.15) is 35.8 Å². The first-order valence-corrected chi connectivity index (χ1v) is 6.52. The number of carboxylic acids is 1. The maximum absolute atomic E-state index is 11.3. The molecule has 2 aromatic heterocycles. The van der Waals surface area contributed by atoms with Gasteiger partial charge >= 0.3 is 5.97 Å². The minimum absolute atomic E-state index is 0.213. The summed E-state index contributed by atoms with van der Waals surface area (Å²) in [5, 5.41) is 16.4. The van der Waals surface area contributed by atoms with E-state index in [1.807, 2.05) is 0 Å². The highest BCUT2D eigenvalue weighted by Gasteiger charge is 2.20. The second-order valence-electron chi connectivity index (χ2n) is 3.96. The molecule has 0 bridgehead atoms. The number of carbonyl (C=O) groups is 1. The van der Waals surface area contributed by atoms with Gasteiger partial charge in [0.05, 0.1) is 11.4 Å². The third-order valence-corrected chi connectivity index (χ3v) is 3.36. The van der Waals surface area contributed by atoms with Gasteiger partial charge in [0, 0.05) is 6.54 Å². The van der Waals surface area contributed by atoms with E-state index in [0.29, 0.717) is 21.7 Å². The number of pyridine rings is 1. The first kappa shape index (κ1) is 12.7. The molecule has 0 saturated carbocycles. The van der Waals surface area contributed by atoms with Crippen LogP contribution >= 0.6 is 11.5 Å². The van der Waals surface area contributed by atoms with Gasteiger partial charge in [-0.2, -0.15) is 0 Å². The van der Waals surface area contributed by atoms with Crippen LogP contribution in [0.5, 0.6) is 0 Å². The van der Waals surface area contributed by atoms with E-state index < -0.39 is 5.97 Å². The van der Waals surface area contributed by atoms with E-state index in [1.54, 1.807) is 6.92 Å². The van der Waals surface area contributed by atoms with E-state index in [4.69, 9.17) is 0 Å². The van der Waals surface area contributed by atoms with Crippen molar-refractivity contribution in [2.75, 3.05) is 11.9 Å². The lowest BCUT2D eigenvalue weighted by Gasteiger charge is -2.11. The first-order chi connectivity index (χ1) is 8.65. The number of unbranched alkanes of at least 4 members (excludes halogenated alkanes) is 1. The summed E-state index contributed by atoms with van der Waals surface area (Å²) in [7, 11) is 0. The van der Waals surface area contributed by atoms with Crippen molar-refractivity contribution in [2.45, 2.75) is 26.7 Å². The zero-order chi connectivity index (χ0) is 13.1. The van der Waals surface area contributed by atoms with E-state index in [9.17, 15) is 9.90 Å². The Morgan fingerprint density at radius 2 is 2.28 bits per heavy atom. The summed E-state index contributed by atoms with van der Waals surface area (Å²) in [6.45, 7) is 4.49. The highest BCUT2D eigenvalue weighted by atomic mass is 32.1. The fraction of sp³-hybridized carbons (Fsp3) is 0.455. The van der Waals surface area contributed by atoms with Crippen LogP contribution in [0.15, 0.2) is 0 Å². The maximum Gasteiger partial charge on any atom is 0.339 e. The van der Waals surface area contributed by atoms with E-state index >= 15 is 0 Å². The van der Waals surface area contributed by atoms with Gasteiger partial charge in [-0.1, -0.05) is 17.8 Å². The van der Waals surface area contributed by atoms with Crippen LogP contribution in [0.3, 0.4) is 0 Å². The zero-order valence-corrected chi connectivity index (χ0v) is 11.0. The van der Waals surface area contributed by atoms with Crippen molar-refractivity contribution < 1.29 is 9.90 Å². The molecule has 18 heavy (non-hydrogen) atoms. The summed E-state index contributed by atoms with van der Waals surface area (Å²) >= 11 is 1.16. The molecule has 0 atom stereocenters. The van der Waals surface area contributed by atoms with Crippen molar-refractivity contribution in [3.8, 4) is 0 Å². The molecule has 0 amide bonds. The second kappa shape index (κ2) is 5.26. The molecular formula is C11H14N4O2S. The van der Waals surface area contributed by atoms with Gasteiger partial charge in [-0.05, 0) is 24.9 Å². The number of rotatable bonds is 5. The van der Waals surface area contributed by atoms with Gasteiger partial charge in [0.15, 0.2) is 5.65 Å². The molecule has 0 aromatic carbocycles. The fourth-order valence-electron chi connectivity index (χ4n) is 1.75. The molecule has 0 aliphatic carbocycles. The van der Waals surface area contributed by atoms with Gasteiger partial charge in [0.1, 0.15) is 10.3 Å². The van der Waals surface area contributed by atoms with E-state index in [-0.39, 0.29) is 5.56 Å². The summed E-state index contributed by atoms with van der Waals surface area (Å²) in [6, 6.07) is 0. The van der Waals surface area contributed by atoms with Crippen LogP contribution in [0.25, 0.3) is 10.3 Å². The molecule has 0 aliphatic heterocycles. The molecule has 2 rings (SSSR count). The molecule has 0 fully saturated rings. The molecule has 2 N–H and O–H groups in total. The van der Waals surface area contributed by atoms with Crippen LogP contribution in [-0.4, -0.2) is 32.2 Å². The minimum atomic E-state index is -0.978. The summed E-state index contributed by atoms with van der Waals surface area (Å²) in [6.07, 6.45) is 2.03. The first-order valence-electron chi connectivity index (χ1n) is 5.75. The smallest absolute Gasteiger partial charge is 0.339 e. The number of hydrogen-bond donors (Lipinski definition) is 2. The molecule has 0 radical (unpaired) electrons. The average Bonchev–Trinajstić information content (AvgIpc) is 2.76. The molecule has 7 heteroatoms. The lowest BCUT2D eigenvalue weighted by Crippen LogP contribution is -2.10. The van der Waals surface area contributed by atoms with Crippen molar-refractivity contribution in [3.63, 3.8) is 0 Å². The van der Waals surface area contributed by atoms with E-state index in [0.717, 1.165) is 30.9 Å². The van der Waals surface area contributed by atoms with Crippen molar-refractivity contribution in [1.82, 2.24) is 14.6 Å². The van der Waals surface area contributed by atoms with E-state index in [2.05, 4.69) is 26.8 Å². The van der Waals surface area contributed by atoms with Gasteiger partial charge in [-0.3, -0.25) is 0 Å². The summed E-state index contributed by atoms with van der Waals surface area (Å²) < 4.78 is 4.53. The van der Waals surface area contributed by atoms with Crippen molar-refractivity contribution in [1.29, 1.82) is 0 Å². The number of anilines is 1. The van der Waals surface area contributed by atoms with Gasteiger partial charge in [-0.25, -0.2) is 9.78 Å². The summed E-state index contributed by atoms with van der Waals surface area (Å²) in [5.41, 5.74) is 1.77. The quantitative estimate of drug-likeness (QED) is 0.807. The Hall–Kier alpha value is -1.76. The van der Waals surface area contributed by atoms with Gasteiger partial charge in [-0.15, -0.1) is 5.10 Å². The van der Waals surface area contributed by atoms with E-state index in [1.165, 1.54) is 0 Å². The monoisotopic (exact) mass is 266 g/mol. The predicted octanol–water partition coefficient (Wildman–Crippen LogP) is 2.30. The number of aromatic carboxylic acids is 1. The van der Waals surface area contributed by atoms with Crippen LogP contribution in [0.4, 0.5) is 5.69 Å². The molecule has 6 nitrogen and oxygen atoms in total. The molecule has 96 valence electrons. The molecule has 0 unspecified atom stereocenters. The van der Waals surface area contributed by atoms with Gasteiger partial charge in [0.2, 0.25) is 0 Å². The Kier molecular flexibility index (Phi) is 3.71. The summed E-state index contributed by atoms with van der Waals surface area (Å²) in [4.78, 5) is 15.5. The highest BCUT2D eigenvalue weighted by molar-refractivity contribution is 7.13. The molecule has 0 aliphatic rings. The third-order valence-electron chi connectivity index (χ3n) is 2.63. The van der Waals surface area contributed by atoms with Crippen LogP contribution in [0, 0.1) is 6.92 Å². The normalized spacial score (nSPS) is 10.8. The Morgan fingerprint density at radius 1 is 1.50 bits per heavy atom. The Morgan fingerprint density at radius 3 is 2.94 bits per heavy atom. The van der Waals surface area contributed by atoms with Crippen molar-refractivity contribution >= 4 is 33.5 Å². The predicted molar refractivity (Wildman–Crippen MR) is 70.3 cm³/mol. The second-order valence-corrected chi connectivity index (χ2v) is 4.71. The van der Waals surface area contributed by atoms with Crippen molar-refractivity contribution in [3.05, 3.63) is 11.3 Å². The highest BCUT2D eigenvalue weighted by Crippen LogP contribution is 2.29. The standard InChI is InChI=1S/C11H14N4O2S/c1-3-4-5-12-8-7(11(16)17)6(2)13-10-9(8)18-15-14-10/h3-5H2,1-2H3,(H,12,13)(H,16,17). The Balaban J connectivity index is 2.52. The number of nitrogens with one attached hydrogen (secondary N) is 1. The van der Waals surface area contributed by atoms with Crippen LogP contribution in [-0.2, 0) is 0 Å². The fourth-order valence-corrected chi connectivity index (χ4v) is 2.38.